The van der Waals surface area contributed by atoms with Crippen molar-refractivity contribution in [3.63, 3.8) is 0 Å². The van der Waals surface area contributed by atoms with E-state index in [1.165, 1.54) is 10.9 Å². The predicted octanol–water partition coefficient (Wildman–Crippen LogP) is -1.71. The molecule has 2 aromatic rings. The molecule has 2 amide bonds. The number of nitrogen functional groups attached to an aromatic ring is 1. The first-order valence-corrected chi connectivity index (χ1v) is 11.8. The minimum absolute atomic E-state index is 0.0967. The Morgan fingerprint density at radius 3 is 2.67 bits per heavy atom. The standard InChI is InChI=1S/C22H30N8O6/c1-3-24-20(33)17-15(31)16(32)21(36-17)30-12-25-14-18(23)26-13(27-19(14)30)6-5-7-28-8-10-29(11-9-28)22(34)35-4-2/h12,15-17,21,31-32H,3-4,7-11H2,1-2H3,(H,24,33)(H2,23,26,27)/t15-,16+,17+,21-/m1/s1. The van der Waals surface area contributed by atoms with Crippen molar-refractivity contribution in [1.29, 1.82) is 0 Å². The first-order chi connectivity index (χ1) is 17.3. The quantitative estimate of drug-likeness (QED) is 0.342. The van der Waals surface area contributed by atoms with Gasteiger partial charge in [-0.25, -0.2) is 19.7 Å². The van der Waals surface area contributed by atoms with Crippen molar-refractivity contribution in [1.82, 2.24) is 34.6 Å². The van der Waals surface area contributed by atoms with E-state index < -0.39 is 30.4 Å². The average molecular weight is 503 g/mol. The molecule has 2 saturated heterocycles. The third kappa shape index (κ3) is 5.19. The molecule has 0 unspecified atom stereocenters. The van der Waals surface area contributed by atoms with Gasteiger partial charge in [-0.2, -0.15) is 0 Å². The minimum atomic E-state index is -1.43. The number of hydrogen-bond donors (Lipinski definition) is 4. The molecule has 4 rings (SSSR count). The normalized spacial score (nSPS) is 24.4. The molecule has 0 saturated carbocycles. The molecule has 2 aliphatic rings. The van der Waals surface area contributed by atoms with E-state index in [0.29, 0.717) is 45.9 Å². The molecule has 2 fully saturated rings. The van der Waals surface area contributed by atoms with Gasteiger partial charge in [-0.1, -0.05) is 5.92 Å². The van der Waals surface area contributed by atoms with E-state index in [2.05, 4.69) is 37.0 Å². The summed E-state index contributed by atoms with van der Waals surface area (Å²) in [5.41, 5.74) is 6.59. The number of likely N-dealkylation sites (N-methyl/N-ethyl adjacent to an activating group) is 1. The van der Waals surface area contributed by atoms with Crippen LogP contribution >= 0.6 is 0 Å². The Bertz CT molecular complexity index is 1170. The molecule has 4 heterocycles. The number of carbonyl (C=O) groups is 2. The number of nitrogens with zero attached hydrogens (tertiary/aromatic N) is 6. The van der Waals surface area contributed by atoms with Crippen molar-refractivity contribution in [2.75, 3.05) is 51.6 Å². The third-order valence-electron chi connectivity index (χ3n) is 5.97. The number of nitrogens with two attached hydrogens (primary N) is 1. The second-order valence-electron chi connectivity index (χ2n) is 8.34. The number of carbonyl (C=O) groups excluding carboxylic acids is 2. The van der Waals surface area contributed by atoms with Gasteiger partial charge in [0.1, 0.15) is 17.7 Å². The number of fused-ring (bicyclic) bond motifs is 1. The van der Waals surface area contributed by atoms with E-state index in [4.69, 9.17) is 15.2 Å². The maximum Gasteiger partial charge on any atom is 0.409 e. The summed E-state index contributed by atoms with van der Waals surface area (Å²) in [6, 6.07) is 0. The summed E-state index contributed by atoms with van der Waals surface area (Å²) < 4.78 is 12.1. The number of piperazine rings is 1. The zero-order valence-corrected chi connectivity index (χ0v) is 20.1. The molecule has 4 atom stereocenters. The van der Waals surface area contributed by atoms with E-state index in [1.807, 2.05) is 0 Å². The highest BCUT2D eigenvalue weighted by Crippen LogP contribution is 2.32. The summed E-state index contributed by atoms with van der Waals surface area (Å²) in [6.07, 6.45) is -4.13. The second kappa shape index (κ2) is 11.0. The Labute approximate surface area is 207 Å². The Kier molecular flexibility index (Phi) is 7.85. The van der Waals surface area contributed by atoms with Crippen LogP contribution in [-0.4, -0.2) is 116 Å². The highest BCUT2D eigenvalue weighted by atomic mass is 16.6. The lowest BCUT2D eigenvalue weighted by molar-refractivity contribution is -0.137. The fourth-order valence-corrected chi connectivity index (χ4v) is 4.10. The van der Waals surface area contributed by atoms with Gasteiger partial charge >= 0.3 is 6.09 Å². The number of hydrogen-bond acceptors (Lipinski definition) is 11. The number of nitrogens with one attached hydrogen (secondary N) is 1. The highest BCUT2D eigenvalue weighted by molar-refractivity contribution is 5.83. The predicted molar refractivity (Wildman–Crippen MR) is 126 cm³/mol. The van der Waals surface area contributed by atoms with Crippen molar-refractivity contribution in [3.8, 4) is 11.8 Å². The van der Waals surface area contributed by atoms with Crippen molar-refractivity contribution < 1.29 is 29.3 Å². The summed E-state index contributed by atoms with van der Waals surface area (Å²) in [6.45, 7) is 7.10. The first-order valence-electron chi connectivity index (χ1n) is 11.8. The van der Waals surface area contributed by atoms with Crippen LogP contribution in [-0.2, 0) is 14.3 Å². The Morgan fingerprint density at radius 2 is 1.97 bits per heavy atom. The van der Waals surface area contributed by atoms with E-state index in [-0.39, 0.29) is 28.9 Å². The third-order valence-corrected chi connectivity index (χ3v) is 5.97. The number of aliphatic hydroxyl groups excluding tert-OH is 2. The number of anilines is 1. The Balaban J connectivity index is 1.47. The largest absolute Gasteiger partial charge is 0.450 e. The number of amides is 2. The number of imidazole rings is 1. The monoisotopic (exact) mass is 502 g/mol. The molecule has 0 spiro atoms. The van der Waals surface area contributed by atoms with Crippen LogP contribution in [0.25, 0.3) is 11.2 Å². The maximum absolute atomic E-state index is 12.2. The van der Waals surface area contributed by atoms with Crippen LogP contribution in [0.15, 0.2) is 6.33 Å². The zero-order chi connectivity index (χ0) is 25.8. The van der Waals surface area contributed by atoms with Gasteiger partial charge < -0.3 is 35.6 Å². The van der Waals surface area contributed by atoms with Gasteiger partial charge in [0.05, 0.1) is 19.5 Å². The fraction of sp³-hybridized carbons (Fsp3) is 0.591. The molecule has 2 aromatic heterocycles. The average Bonchev–Trinajstić information content (AvgIpc) is 3.41. The van der Waals surface area contributed by atoms with E-state index >= 15 is 0 Å². The molecule has 0 radical (unpaired) electrons. The topological polar surface area (TPSA) is 181 Å². The van der Waals surface area contributed by atoms with Crippen LogP contribution in [0.5, 0.6) is 0 Å². The van der Waals surface area contributed by atoms with Crippen LogP contribution in [0.2, 0.25) is 0 Å². The van der Waals surface area contributed by atoms with E-state index in [1.54, 1.807) is 18.7 Å². The van der Waals surface area contributed by atoms with Gasteiger partial charge in [-0.3, -0.25) is 14.3 Å². The van der Waals surface area contributed by atoms with Crippen molar-refractivity contribution >= 4 is 29.0 Å². The SMILES string of the molecule is CCNC(=O)[C@H]1O[C@@H](n2cnc3c(N)nc(C#CCN4CCN(C(=O)OCC)CC4)nc32)[C@@H](O)[C@H]1O. The summed E-state index contributed by atoms with van der Waals surface area (Å²) in [4.78, 5) is 40.6. The molecule has 0 aliphatic carbocycles. The van der Waals surface area contributed by atoms with Crippen LogP contribution in [0, 0.1) is 11.8 Å². The minimum Gasteiger partial charge on any atom is -0.450 e. The van der Waals surface area contributed by atoms with Crippen molar-refractivity contribution in [3.05, 3.63) is 12.2 Å². The molecule has 0 aromatic carbocycles. The molecular formula is C22H30N8O6. The van der Waals surface area contributed by atoms with E-state index in [9.17, 15) is 19.8 Å². The van der Waals surface area contributed by atoms with Crippen LogP contribution in [0.4, 0.5) is 10.6 Å². The fourth-order valence-electron chi connectivity index (χ4n) is 4.10. The number of rotatable bonds is 5. The molecule has 14 nitrogen and oxygen atoms in total. The van der Waals surface area contributed by atoms with Crippen LogP contribution in [0.3, 0.4) is 0 Å². The second-order valence-corrected chi connectivity index (χ2v) is 8.34. The van der Waals surface area contributed by atoms with E-state index in [0.717, 1.165) is 0 Å². The summed E-state index contributed by atoms with van der Waals surface area (Å²) >= 11 is 0. The van der Waals surface area contributed by atoms with Crippen molar-refractivity contribution in [2.45, 2.75) is 38.4 Å². The Hall–Kier alpha value is -3.51. The summed E-state index contributed by atoms with van der Waals surface area (Å²) in [5, 5.41) is 23.4. The molecule has 5 N–H and O–H groups in total. The van der Waals surface area contributed by atoms with Gasteiger partial charge in [0, 0.05) is 32.7 Å². The molecule has 194 valence electrons. The van der Waals surface area contributed by atoms with Gasteiger partial charge in [0.15, 0.2) is 23.8 Å². The van der Waals surface area contributed by atoms with Crippen molar-refractivity contribution in [2.24, 2.45) is 0 Å². The van der Waals surface area contributed by atoms with Gasteiger partial charge in [-0.05, 0) is 19.8 Å². The summed E-state index contributed by atoms with van der Waals surface area (Å²) in [5.74, 6) is 5.64. The van der Waals surface area contributed by atoms with Gasteiger partial charge in [0.2, 0.25) is 5.82 Å². The molecular weight excluding hydrogens is 472 g/mol. The summed E-state index contributed by atoms with van der Waals surface area (Å²) in [7, 11) is 0. The lowest BCUT2D eigenvalue weighted by Crippen LogP contribution is -2.48. The molecule has 14 heteroatoms. The van der Waals surface area contributed by atoms with Gasteiger partial charge in [0.25, 0.3) is 5.91 Å². The lowest BCUT2D eigenvalue weighted by atomic mass is 10.1. The lowest BCUT2D eigenvalue weighted by Gasteiger charge is -2.32. The molecule has 36 heavy (non-hydrogen) atoms. The van der Waals surface area contributed by atoms with Crippen LogP contribution < -0.4 is 11.1 Å². The van der Waals surface area contributed by atoms with Crippen LogP contribution in [0.1, 0.15) is 25.9 Å². The number of aliphatic hydroxyl groups is 2. The number of aromatic nitrogens is 4. The Morgan fingerprint density at radius 1 is 1.22 bits per heavy atom. The highest BCUT2D eigenvalue weighted by Gasteiger charge is 2.47. The maximum atomic E-state index is 12.2. The van der Waals surface area contributed by atoms with Gasteiger partial charge in [-0.15, -0.1) is 0 Å². The molecule has 2 aliphatic heterocycles. The molecule has 0 bridgehead atoms. The smallest absolute Gasteiger partial charge is 0.409 e. The first kappa shape index (κ1) is 25.6. The number of ether oxygens (including phenoxy) is 2. The zero-order valence-electron chi connectivity index (χ0n) is 20.1.